The van der Waals surface area contributed by atoms with Gasteiger partial charge in [0.2, 0.25) is 5.91 Å². The minimum atomic E-state index is -0.729. The smallest absolute Gasteiger partial charge is 0.237 e. The lowest BCUT2D eigenvalue weighted by atomic mass is 9.98. The number of amides is 1. The number of hydrogen-bond acceptors (Lipinski definition) is 3. The second kappa shape index (κ2) is 4.35. The van der Waals surface area contributed by atoms with Crippen LogP contribution in [0.15, 0.2) is 23.1 Å². The van der Waals surface area contributed by atoms with E-state index in [2.05, 4.69) is 5.32 Å². The highest BCUT2D eigenvalue weighted by Crippen LogP contribution is 2.36. The van der Waals surface area contributed by atoms with E-state index in [0.29, 0.717) is 6.42 Å². The van der Waals surface area contributed by atoms with Crippen molar-refractivity contribution in [1.29, 1.82) is 0 Å². The zero-order valence-corrected chi connectivity index (χ0v) is 11.1. The van der Waals surface area contributed by atoms with Crippen molar-refractivity contribution < 1.29 is 9.90 Å². The maximum absolute atomic E-state index is 11.6. The van der Waals surface area contributed by atoms with Gasteiger partial charge in [-0.05, 0) is 38.5 Å². The van der Waals surface area contributed by atoms with Crippen LogP contribution in [0.25, 0.3) is 0 Å². The van der Waals surface area contributed by atoms with Crippen LogP contribution in [0.2, 0.25) is 0 Å². The highest BCUT2D eigenvalue weighted by molar-refractivity contribution is 8.00. The van der Waals surface area contributed by atoms with Crippen LogP contribution in [-0.4, -0.2) is 21.9 Å². The maximum atomic E-state index is 11.6. The Bertz CT molecular complexity index is 451. The summed E-state index contributed by atoms with van der Waals surface area (Å²) in [5.41, 5.74) is 1.17. The SMILES string of the molecule is CC1Sc2ccc(CC(C)(C)O)cc2NC1=O. The standard InChI is InChI=1S/C13H17NO2S/c1-8-12(15)14-10-6-9(7-13(2,3)16)4-5-11(10)17-8/h4-6,8,16H,7H2,1-3H3,(H,14,15). The summed E-state index contributed by atoms with van der Waals surface area (Å²) in [7, 11) is 0. The number of carbonyl (C=O) groups is 1. The third kappa shape index (κ3) is 3.01. The van der Waals surface area contributed by atoms with Gasteiger partial charge in [-0.3, -0.25) is 4.79 Å². The first-order chi connectivity index (χ1) is 7.85. The number of benzene rings is 1. The highest BCUT2D eigenvalue weighted by atomic mass is 32.2. The number of aliphatic hydroxyl groups is 1. The van der Waals surface area contributed by atoms with Crippen molar-refractivity contribution in [3.8, 4) is 0 Å². The summed E-state index contributed by atoms with van der Waals surface area (Å²) in [5, 5.41) is 12.6. The van der Waals surface area contributed by atoms with Crippen molar-refractivity contribution >= 4 is 23.4 Å². The monoisotopic (exact) mass is 251 g/mol. The predicted octanol–water partition coefficient (Wildman–Crippen LogP) is 2.43. The summed E-state index contributed by atoms with van der Waals surface area (Å²) >= 11 is 1.57. The van der Waals surface area contributed by atoms with E-state index >= 15 is 0 Å². The molecule has 0 saturated carbocycles. The van der Waals surface area contributed by atoms with E-state index in [1.807, 2.05) is 25.1 Å². The summed E-state index contributed by atoms with van der Waals surface area (Å²) in [6.45, 7) is 5.46. The molecule has 3 nitrogen and oxygen atoms in total. The number of anilines is 1. The van der Waals surface area contributed by atoms with Crippen molar-refractivity contribution in [2.24, 2.45) is 0 Å². The molecule has 1 aromatic rings. The number of carbonyl (C=O) groups excluding carboxylic acids is 1. The largest absolute Gasteiger partial charge is 0.390 e. The number of thioether (sulfide) groups is 1. The Balaban J connectivity index is 2.26. The van der Waals surface area contributed by atoms with E-state index in [-0.39, 0.29) is 11.2 Å². The molecule has 1 heterocycles. The molecule has 2 N–H and O–H groups in total. The van der Waals surface area contributed by atoms with Crippen LogP contribution in [-0.2, 0) is 11.2 Å². The molecule has 0 fully saturated rings. The lowest BCUT2D eigenvalue weighted by molar-refractivity contribution is -0.115. The van der Waals surface area contributed by atoms with Gasteiger partial charge in [-0.25, -0.2) is 0 Å². The van der Waals surface area contributed by atoms with Crippen LogP contribution in [0, 0.1) is 0 Å². The second-order valence-electron chi connectivity index (χ2n) is 5.07. The van der Waals surface area contributed by atoms with Gasteiger partial charge in [-0.15, -0.1) is 11.8 Å². The minimum absolute atomic E-state index is 0.0392. The van der Waals surface area contributed by atoms with Crippen LogP contribution in [0.1, 0.15) is 26.3 Å². The Morgan fingerprint density at radius 3 is 2.82 bits per heavy atom. The Labute approximate surface area is 106 Å². The van der Waals surface area contributed by atoms with Gasteiger partial charge in [0.15, 0.2) is 0 Å². The third-order valence-corrected chi connectivity index (χ3v) is 3.79. The Morgan fingerprint density at radius 1 is 1.47 bits per heavy atom. The first-order valence-corrected chi connectivity index (χ1v) is 6.56. The van der Waals surface area contributed by atoms with E-state index in [0.717, 1.165) is 16.1 Å². The van der Waals surface area contributed by atoms with Crippen LogP contribution in [0.3, 0.4) is 0 Å². The Kier molecular flexibility index (Phi) is 3.19. The zero-order chi connectivity index (χ0) is 12.6. The molecule has 4 heteroatoms. The van der Waals surface area contributed by atoms with E-state index in [1.165, 1.54) is 0 Å². The second-order valence-corrected chi connectivity index (χ2v) is 6.45. The molecule has 1 aliphatic rings. The average molecular weight is 251 g/mol. The molecule has 0 spiro atoms. The minimum Gasteiger partial charge on any atom is -0.390 e. The van der Waals surface area contributed by atoms with Crippen molar-refractivity contribution in [2.45, 2.75) is 42.9 Å². The Hall–Kier alpha value is -1.00. The van der Waals surface area contributed by atoms with Crippen molar-refractivity contribution in [1.82, 2.24) is 0 Å². The fourth-order valence-corrected chi connectivity index (χ4v) is 2.80. The number of fused-ring (bicyclic) bond motifs is 1. The lowest BCUT2D eigenvalue weighted by Crippen LogP contribution is -2.27. The van der Waals surface area contributed by atoms with E-state index in [4.69, 9.17) is 0 Å². The molecule has 1 aromatic carbocycles. The number of hydrogen-bond donors (Lipinski definition) is 2. The van der Waals surface area contributed by atoms with Crippen LogP contribution in [0.5, 0.6) is 0 Å². The van der Waals surface area contributed by atoms with Gasteiger partial charge in [0.25, 0.3) is 0 Å². The first-order valence-electron chi connectivity index (χ1n) is 5.68. The van der Waals surface area contributed by atoms with Crippen LogP contribution < -0.4 is 5.32 Å². The summed E-state index contributed by atoms with van der Waals surface area (Å²) in [6.07, 6.45) is 0.580. The van der Waals surface area contributed by atoms with Crippen molar-refractivity contribution in [3.05, 3.63) is 23.8 Å². The molecule has 0 radical (unpaired) electrons. The molecule has 0 aromatic heterocycles. The van der Waals surface area contributed by atoms with E-state index in [1.54, 1.807) is 25.6 Å². The van der Waals surface area contributed by atoms with Crippen LogP contribution >= 0.6 is 11.8 Å². The third-order valence-electron chi connectivity index (χ3n) is 2.61. The summed E-state index contributed by atoms with van der Waals surface area (Å²) in [5.74, 6) is 0.0444. The fourth-order valence-electron chi connectivity index (χ4n) is 1.87. The molecular formula is C13H17NO2S. The molecule has 17 heavy (non-hydrogen) atoms. The highest BCUT2D eigenvalue weighted by Gasteiger charge is 2.23. The van der Waals surface area contributed by atoms with Gasteiger partial charge in [-0.2, -0.15) is 0 Å². The van der Waals surface area contributed by atoms with Gasteiger partial charge in [-0.1, -0.05) is 6.07 Å². The van der Waals surface area contributed by atoms with Crippen LogP contribution in [0.4, 0.5) is 5.69 Å². The normalized spacial score (nSPS) is 19.8. The molecule has 1 atom stereocenters. The van der Waals surface area contributed by atoms with Gasteiger partial charge in [0.1, 0.15) is 0 Å². The van der Waals surface area contributed by atoms with Crippen molar-refractivity contribution in [2.75, 3.05) is 5.32 Å². The molecule has 1 aliphatic heterocycles. The molecule has 0 saturated heterocycles. The average Bonchev–Trinajstić information content (AvgIpc) is 2.18. The number of nitrogens with one attached hydrogen (secondary N) is 1. The van der Waals surface area contributed by atoms with Gasteiger partial charge in [0.05, 0.1) is 16.5 Å². The Morgan fingerprint density at radius 2 is 2.18 bits per heavy atom. The molecule has 1 unspecified atom stereocenters. The molecule has 0 aliphatic carbocycles. The quantitative estimate of drug-likeness (QED) is 0.848. The summed E-state index contributed by atoms with van der Waals surface area (Å²) in [6, 6.07) is 5.97. The molecular weight excluding hydrogens is 234 g/mol. The first kappa shape index (κ1) is 12.5. The van der Waals surface area contributed by atoms with E-state index < -0.39 is 5.60 Å². The maximum Gasteiger partial charge on any atom is 0.237 e. The molecule has 2 rings (SSSR count). The molecule has 1 amide bonds. The van der Waals surface area contributed by atoms with Gasteiger partial charge in [0, 0.05) is 11.3 Å². The topological polar surface area (TPSA) is 49.3 Å². The summed E-state index contributed by atoms with van der Waals surface area (Å²) < 4.78 is 0. The van der Waals surface area contributed by atoms with Crippen molar-refractivity contribution in [3.63, 3.8) is 0 Å². The molecule has 92 valence electrons. The molecule has 0 bridgehead atoms. The van der Waals surface area contributed by atoms with E-state index in [9.17, 15) is 9.90 Å². The van der Waals surface area contributed by atoms with Gasteiger partial charge >= 0.3 is 0 Å². The zero-order valence-electron chi connectivity index (χ0n) is 10.3. The number of rotatable bonds is 2. The fraction of sp³-hybridized carbons (Fsp3) is 0.462. The van der Waals surface area contributed by atoms with Gasteiger partial charge < -0.3 is 10.4 Å². The lowest BCUT2D eigenvalue weighted by Gasteiger charge is -2.23. The predicted molar refractivity (Wildman–Crippen MR) is 70.4 cm³/mol. The summed E-state index contributed by atoms with van der Waals surface area (Å²) in [4.78, 5) is 12.7.